The fraction of sp³-hybridized carbons (Fsp3) is 0.600. The molecular formula is C40H56N4OZr+2. The molecule has 2 aromatic rings. The van der Waals surface area contributed by atoms with Crippen LogP contribution in [0, 0.1) is 49.9 Å². The molecule has 0 saturated carbocycles. The van der Waals surface area contributed by atoms with Gasteiger partial charge in [0.1, 0.15) is 0 Å². The Labute approximate surface area is 301 Å². The van der Waals surface area contributed by atoms with E-state index in [1.807, 2.05) is 0 Å². The van der Waals surface area contributed by atoms with E-state index in [0.29, 0.717) is 0 Å². The summed E-state index contributed by atoms with van der Waals surface area (Å²) in [5.41, 5.74) is 3.70. The molecule has 2 aromatic heterocycles. The van der Waals surface area contributed by atoms with E-state index in [4.69, 9.17) is 25.3 Å². The first kappa shape index (κ1) is 38.1. The van der Waals surface area contributed by atoms with Crippen LogP contribution in [0.1, 0.15) is 142 Å². The minimum atomic E-state index is -0.219. The largest absolute Gasteiger partial charge is 4.00 e. The molecule has 0 N–H and O–H groups in total. The molecule has 10 radical (unpaired) electrons. The van der Waals surface area contributed by atoms with E-state index in [0.717, 1.165) is 112 Å². The number of rotatable bonds is 8. The average molecular weight is 700 g/mol. The van der Waals surface area contributed by atoms with Crippen LogP contribution in [0.5, 0.6) is 0 Å². The predicted molar refractivity (Wildman–Crippen MR) is 183 cm³/mol. The van der Waals surface area contributed by atoms with Crippen molar-refractivity contribution in [3.63, 3.8) is 0 Å². The van der Waals surface area contributed by atoms with Crippen LogP contribution in [0.25, 0.3) is 0 Å². The topological polar surface area (TPSA) is 65.6 Å². The second-order valence-electron chi connectivity index (χ2n) is 13.3. The Balaban J connectivity index is 0.000000731. The van der Waals surface area contributed by atoms with Crippen molar-refractivity contribution >= 4 is 0 Å². The van der Waals surface area contributed by atoms with Gasteiger partial charge in [-0.1, -0.05) is 79.7 Å². The Morgan fingerprint density at radius 3 is 0.891 bits per heavy atom. The Kier molecular flexibility index (Phi) is 13.2. The van der Waals surface area contributed by atoms with Crippen LogP contribution < -0.4 is 20.6 Å². The van der Waals surface area contributed by atoms with E-state index in [9.17, 15) is 0 Å². The van der Waals surface area contributed by atoms with E-state index < -0.39 is 0 Å². The molecule has 0 spiro atoms. The minimum absolute atomic E-state index is 0. The first-order valence-corrected chi connectivity index (χ1v) is 18.0. The zero-order chi connectivity index (χ0) is 32.3. The van der Waals surface area contributed by atoms with E-state index in [2.05, 4.69) is 105 Å². The van der Waals surface area contributed by atoms with Crippen LogP contribution in [0.2, 0.25) is 0 Å². The van der Waals surface area contributed by atoms with Crippen molar-refractivity contribution in [2.45, 2.75) is 141 Å². The van der Waals surface area contributed by atoms with Crippen molar-refractivity contribution in [1.82, 2.24) is 20.6 Å². The quantitative estimate of drug-likeness (QED) is 0.278. The van der Waals surface area contributed by atoms with Gasteiger partial charge in [-0.15, -0.1) is 0 Å². The monoisotopic (exact) mass is 698 g/mol. The third kappa shape index (κ3) is 6.15. The minimum Gasteiger partial charge on any atom is -0.664 e. The van der Waals surface area contributed by atoms with Gasteiger partial charge >= 0.3 is 26.2 Å². The molecular weight excluding hydrogens is 644 g/mol. The molecule has 46 heavy (non-hydrogen) atoms. The van der Waals surface area contributed by atoms with Gasteiger partial charge in [-0.05, 0) is 112 Å². The molecule has 4 aliphatic rings. The van der Waals surface area contributed by atoms with Crippen molar-refractivity contribution in [3.8, 4) is 0 Å². The number of hydrogen-bond acceptors (Lipinski definition) is 1. The van der Waals surface area contributed by atoms with E-state index >= 15 is 0 Å². The zero-order valence-electron chi connectivity index (χ0n) is 29.8. The summed E-state index contributed by atoms with van der Waals surface area (Å²) in [4.78, 5) is 10.9. The number of fused-ring (bicyclic) bond motifs is 8. The third-order valence-corrected chi connectivity index (χ3v) is 12.1. The maximum absolute atomic E-state index is 5.47. The van der Waals surface area contributed by atoms with Gasteiger partial charge in [0.05, 0.1) is 24.2 Å². The summed E-state index contributed by atoms with van der Waals surface area (Å²) in [6, 6.07) is 13.7. The van der Waals surface area contributed by atoms with Gasteiger partial charge < -0.3 is 14.7 Å². The van der Waals surface area contributed by atoms with Gasteiger partial charge in [0.25, 0.3) is 0 Å². The van der Waals surface area contributed by atoms with Gasteiger partial charge in [-0.3, -0.25) is 0 Å². The zero-order valence-corrected chi connectivity index (χ0v) is 32.3. The summed E-state index contributed by atoms with van der Waals surface area (Å²) >= 11 is 0. The Bertz CT molecular complexity index is 1020. The Morgan fingerprint density at radius 1 is 0.478 bits per heavy atom. The predicted octanol–water partition coefficient (Wildman–Crippen LogP) is 8.52. The van der Waals surface area contributed by atoms with Gasteiger partial charge in [0.2, 0.25) is 0 Å². The molecule has 8 bridgehead atoms. The van der Waals surface area contributed by atoms with Crippen molar-refractivity contribution in [2.75, 3.05) is 13.2 Å². The summed E-state index contributed by atoms with van der Waals surface area (Å²) in [7, 11) is 0. The smallest absolute Gasteiger partial charge is 0.664 e. The van der Waals surface area contributed by atoms with Crippen LogP contribution in [0.4, 0.5) is 0 Å². The van der Waals surface area contributed by atoms with Gasteiger partial charge in [0.15, 0.2) is 0 Å². The molecule has 5 nitrogen and oxygen atoms in total. The third-order valence-electron chi connectivity index (χ3n) is 12.1. The maximum Gasteiger partial charge on any atom is 4.00 e. The SMILES string of the molecule is C1CCOC1.CCC1(CC)[C]2[CH][CH][C]([N]2)C(CC)(CC)c2ccc([n-]2)C(CC)(CC)[C]2[CH][CH][C]([N]2)C(CC)(CC)c2ccc1[n-]2.[Zr+4]. The molecule has 244 valence electrons. The number of nitrogens with zero attached hydrogens (tertiary/aromatic N) is 4. The second kappa shape index (κ2) is 15.9. The molecule has 3 fully saturated rings. The first-order chi connectivity index (χ1) is 21.8. The van der Waals surface area contributed by atoms with Crippen LogP contribution in [-0.2, 0) is 52.6 Å². The van der Waals surface area contributed by atoms with Crippen LogP contribution >= 0.6 is 0 Å². The fourth-order valence-corrected chi connectivity index (χ4v) is 8.51. The van der Waals surface area contributed by atoms with Gasteiger partial charge in [-0.25, -0.2) is 10.6 Å². The van der Waals surface area contributed by atoms with Crippen molar-refractivity contribution in [1.29, 1.82) is 0 Å². The number of ether oxygens (including phenoxy) is 1. The van der Waals surface area contributed by atoms with Gasteiger partial charge in [-0.2, -0.15) is 22.8 Å². The van der Waals surface area contributed by atoms with E-state index in [-0.39, 0.29) is 47.9 Å². The van der Waals surface area contributed by atoms with E-state index in [1.54, 1.807) is 0 Å². The van der Waals surface area contributed by atoms with E-state index in [1.165, 1.54) is 12.8 Å². The first-order valence-electron chi connectivity index (χ1n) is 18.0. The molecule has 6 rings (SSSR count). The average Bonchev–Trinajstić information content (AvgIpc) is 3.92. The van der Waals surface area contributed by atoms with Gasteiger partial charge in [0, 0.05) is 13.2 Å². The molecule has 4 aliphatic heterocycles. The summed E-state index contributed by atoms with van der Waals surface area (Å²) in [5, 5.41) is 10.9. The molecule has 6 heterocycles. The number of aromatic nitrogens is 2. The maximum atomic E-state index is 5.47. The standard InChI is InChI=1S/C36H48N4.C4H8O.Zr/c1-9-33(10-2)25-17-19-27(37-25)34(11-3,12-4)29-21-23-31(39-29)36(15-7,16-8)32-24-22-30(40-32)35(13-5,14-6)28-20-18-26(33)38-28;1-2-4-5-3-1;/h17-24H,9-16H2,1-8H3;1-4H2;/q-2;;+4. The Morgan fingerprint density at radius 2 is 0.717 bits per heavy atom. The molecule has 0 amide bonds. The molecule has 0 atom stereocenters. The molecule has 3 saturated heterocycles. The molecule has 0 aromatic carbocycles. The normalized spacial score (nSPS) is 24.0. The fourth-order valence-electron chi connectivity index (χ4n) is 8.51. The van der Waals surface area contributed by atoms with Crippen molar-refractivity contribution in [2.24, 2.45) is 0 Å². The van der Waals surface area contributed by atoms with Crippen LogP contribution in [0.15, 0.2) is 24.3 Å². The van der Waals surface area contributed by atoms with Crippen LogP contribution in [0.3, 0.4) is 0 Å². The number of hydrogen-bond donors (Lipinski definition) is 0. The molecule has 0 unspecified atom stereocenters. The summed E-state index contributed by atoms with van der Waals surface area (Å²) < 4.78 is 4.94. The summed E-state index contributed by atoms with van der Waals surface area (Å²) in [6.45, 7) is 20.3. The van der Waals surface area contributed by atoms with Crippen molar-refractivity contribution in [3.05, 3.63) is 96.9 Å². The summed E-state index contributed by atoms with van der Waals surface area (Å²) in [5.74, 6) is 0. The summed E-state index contributed by atoms with van der Waals surface area (Å²) in [6.07, 6.45) is 19.3. The Hall–Kier alpha value is -0.677. The van der Waals surface area contributed by atoms with Crippen molar-refractivity contribution < 1.29 is 30.9 Å². The second-order valence-corrected chi connectivity index (χ2v) is 13.3. The molecule has 0 aliphatic carbocycles. The molecule has 6 heteroatoms. The van der Waals surface area contributed by atoms with Crippen LogP contribution in [-0.4, -0.2) is 13.2 Å².